The molecule has 3 rings (SSSR count). The molecule has 0 atom stereocenters. The van der Waals surface area contributed by atoms with Crippen LogP contribution in [0, 0.1) is 6.92 Å². The topological polar surface area (TPSA) is 53.6 Å². The van der Waals surface area contributed by atoms with Crippen LogP contribution in [0.5, 0.6) is 5.75 Å². The van der Waals surface area contributed by atoms with Crippen LogP contribution < -0.4 is 15.4 Å². The lowest BCUT2D eigenvalue weighted by Crippen LogP contribution is -2.29. The first-order chi connectivity index (χ1) is 17.0. The molecule has 35 heavy (non-hydrogen) atoms. The number of carbonyl (C=O) groups is 1. The van der Waals surface area contributed by atoms with E-state index < -0.39 is 0 Å². The lowest BCUT2D eigenvalue weighted by atomic mass is 10.1. The third kappa shape index (κ3) is 8.01. The number of nitrogens with one attached hydrogen (secondary N) is 2. The van der Waals surface area contributed by atoms with E-state index in [1.807, 2.05) is 61.5 Å². The van der Waals surface area contributed by atoms with Crippen LogP contribution in [-0.2, 0) is 0 Å². The number of amides is 1. The summed E-state index contributed by atoms with van der Waals surface area (Å²) in [7, 11) is 1.67. The molecule has 0 heterocycles. The van der Waals surface area contributed by atoms with Gasteiger partial charge in [-0.1, -0.05) is 50.3 Å². The number of anilines is 2. The van der Waals surface area contributed by atoms with Crippen molar-refractivity contribution >= 4 is 29.4 Å². The van der Waals surface area contributed by atoms with Gasteiger partial charge in [-0.15, -0.1) is 0 Å². The Morgan fingerprint density at radius 2 is 1.69 bits per heavy atom. The molecule has 0 unspecified atom stereocenters. The Bertz CT molecular complexity index is 1120. The van der Waals surface area contributed by atoms with E-state index in [0.717, 1.165) is 59.9 Å². The number of rotatable bonds is 12. The van der Waals surface area contributed by atoms with Crippen LogP contribution in [0.25, 0.3) is 12.2 Å². The first kappa shape index (κ1) is 26.0. The zero-order valence-corrected chi connectivity index (χ0v) is 21.3. The molecule has 3 aromatic rings. The van der Waals surface area contributed by atoms with Gasteiger partial charge in [0.2, 0.25) is 0 Å². The summed E-state index contributed by atoms with van der Waals surface area (Å²) in [5.41, 5.74) is 5.91. The molecule has 5 nitrogen and oxygen atoms in total. The van der Waals surface area contributed by atoms with Crippen LogP contribution in [0.3, 0.4) is 0 Å². The van der Waals surface area contributed by atoms with E-state index in [4.69, 9.17) is 4.74 Å². The fraction of sp³-hybridized carbons (Fsp3) is 0.300. The second-order valence-electron chi connectivity index (χ2n) is 8.52. The monoisotopic (exact) mass is 471 g/mol. The molecule has 3 aromatic carbocycles. The van der Waals surface area contributed by atoms with E-state index >= 15 is 0 Å². The highest BCUT2D eigenvalue weighted by Crippen LogP contribution is 2.23. The molecule has 1 amide bonds. The Hall–Kier alpha value is -3.57. The molecule has 0 spiro atoms. The fourth-order valence-electron chi connectivity index (χ4n) is 3.87. The smallest absolute Gasteiger partial charge is 0.251 e. The van der Waals surface area contributed by atoms with Crippen molar-refractivity contribution in [2.45, 2.75) is 27.2 Å². The van der Waals surface area contributed by atoms with Gasteiger partial charge in [0.25, 0.3) is 5.91 Å². The summed E-state index contributed by atoms with van der Waals surface area (Å²) < 4.78 is 5.22. The normalized spacial score (nSPS) is 11.1. The van der Waals surface area contributed by atoms with Gasteiger partial charge in [0, 0.05) is 23.5 Å². The lowest BCUT2D eigenvalue weighted by molar-refractivity contribution is 0.0951. The number of aryl methyl sites for hydroxylation is 1. The summed E-state index contributed by atoms with van der Waals surface area (Å²) in [4.78, 5) is 14.9. The number of carbonyl (C=O) groups excluding carboxylic acids is 1. The standard InChI is InChI=1S/C30H37N3O2/c1-5-33(6-2)20-8-19-31-30(34)26-15-18-29(23(3)21-26)32-27-10-7-9-25(22-27)12-11-24-13-16-28(35-4)17-14-24/h7,9-18,21-22,32H,5-6,8,19-20H2,1-4H3,(H,31,34). The molecule has 0 saturated heterocycles. The number of methoxy groups -OCH3 is 1. The Kier molecular flexibility index (Phi) is 9.93. The number of hydrogen-bond donors (Lipinski definition) is 2. The van der Waals surface area contributed by atoms with Crippen molar-refractivity contribution in [2.24, 2.45) is 0 Å². The zero-order valence-electron chi connectivity index (χ0n) is 21.3. The SMILES string of the molecule is CCN(CC)CCCNC(=O)c1ccc(Nc2cccc(C=Cc3ccc(OC)cc3)c2)c(C)c1. The van der Waals surface area contributed by atoms with Crippen LogP contribution in [0.2, 0.25) is 0 Å². The molecule has 2 N–H and O–H groups in total. The highest BCUT2D eigenvalue weighted by molar-refractivity contribution is 5.95. The molecular formula is C30H37N3O2. The molecule has 184 valence electrons. The highest BCUT2D eigenvalue weighted by atomic mass is 16.5. The van der Waals surface area contributed by atoms with E-state index in [0.29, 0.717) is 12.1 Å². The molecule has 0 bridgehead atoms. The molecule has 0 radical (unpaired) electrons. The van der Waals surface area contributed by atoms with E-state index in [2.05, 4.69) is 53.7 Å². The number of hydrogen-bond acceptors (Lipinski definition) is 4. The van der Waals surface area contributed by atoms with Crippen LogP contribution in [0.4, 0.5) is 11.4 Å². The minimum Gasteiger partial charge on any atom is -0.497 e. The Labute approximate surface area is 209 Å². The summed E-state index contributed by atoms with van der Waals surface area (Å²) in [5, 5.41) is 6.52. The number of nitrogens with zero attached hydrogens (tertiary/aromatic N) is 1. The minimum atomic E-state index is -0.0233. The van der Waals surface area contributed by atoms with Gasteiger partial charge in [0.05, 0.1) is 7.11 Å². The second-order valence-corrected chi connectivity index (χ2v) is 8.52. The van der Waals surface area contributed by atoms with Crippen LogP contribution in [0.1, 0.15) is 47.3 Å². The number of ether oxygens (including phenoxy) is 1. The second kappa shape index (κ2) is 13.4. The average molecular weight is 472 g/mol. The molecule has 0 aliphatic carbocycles. The maximum absolute atomic E-state index is 12.6. The van der Waals surface area contributed by atoms with Crippen molar-refractivity contribution in [3.05, 3.63) is 89.0 Å². The van der Waals surface area contributed by atoms with Gasteiger partial charge in [0.15, 0.2) is 0 Å². The lowest BCUT2D eigenvalue weighted by Gasteiger charge is -2.17. The maximum Gasteiger partial charge on any atom is 0.251 e. The molecule has 0 aromatic heterocycles. The molecular weight excluding hydrogens is 434 g/mol. The molecule has 0 saturated carbocycles. The van der Waals surface area contributed by atoms with Gasteiger partial charge in [-0.3, -0.25) is 4.79 Å². The van der Waals surface area contributed by atoms with E-state index in [9.17, 15) is 4.79 Å². The number of benzene rings is 3. The molecule has 0 aliphatic rings. The third-order valence-corrected chi connectivity index (χ3v) is 6.07. The average Bonchev–Trinajstić information content (AvgIpc) is 2.89. The Morgan fingerprint density at radius 3 is 2.37 bits per heavy atom. The summed E-state index contributed by atoms with van der Waals surface area (Å²) in [6.45, 7) is 10.1. The molecule has 0 aliphatic heterocycles. The van der Waals surface area contributed by atoms with Crippen molar-refractivity contribution in [3.8, 4) is 5.75 Å². The van der Waals surface area contributed by atoms with Crippen molar-refractivity contribution in [1.29, 1.82) is 0 Å². The van der Waals surface area contributed by atoms with Crippen LogP contribution in [0.15, 0.2) is 66.7 Å². The van der Waals surface area contributed by atoms with Gasteiger partial charge < -0.3 is 20.3 Å². The quantitative estimate of drug-likeness (QED) is 0.238. The first-order valence-corrected chi connectivity index (χ1v) is 12.3. The van der Waals surface area contributed by atoms with Gasteiger partial charge in [-0.05, 0) is 92.1 Å². The summed E-state index contributed by atoms with van der Waals surface area (Å²) in [5.74, 6) is 0.826. The summed E-state index contributed by atoms with van der Waals surface area (Å²) in [6, 6.07) is 22.0. The Balaban J connectivity index is 1.58. The molecule has 0 fully saturated rings. The van der Waals surface area contributed by atoms with Gasteiger partial charge in [0.1, 0.15) is 5.75 Å². The van der Waals surface area contributed by atoms with Gasteiger partial charge >= 0.3 is 0 Å². The van der Waals surface area contributed by atoms with E-state index in [-0.39, 0.29) is 5.91 Å². The van der Waals surface area contributed by atoms with Crippen molar-refractivity contribution in [3.63, 3.8) is 0 Å². The highest BCUT2D eigenvalue weighted by Gasteiger charge is 2.08. The van der Waals surface area contributed by atoms with Gasteiger partial charge in [-0.2, -0.15) is 0 Å². The predicted octanol–water partition coefficient (Wildman–Crippen LogP) is 6.38. The zero-order chi connectivity index (χ0) is 25.0. The van der Waals surface area contributed by atoms with Crippen molar-refractivity contribution in [1.82, 2.24) is 10.2 Å². The summed E-state index contributed by atoms with van der Waals surface area (Å²) in [6.07, 6.45) is 5.13. The predicted molar refractivity (Wildman–Crippen MR) is 148 cm³/mol. The van der Waals surface area contributed by atoms with Crippen molar-refractivity contribution < 1.29 is 9.53 Å². The largest absolute Gasteiger partial charge is 0.497 e. The van der Waals surface area contributed by atoms with E-state index in [1.54, 1.807) is 7.11 Å². The first-order valence-electron chi connectivity index (χ1n) is 12.3. The van der Waals surface area contributed by atoms with Gasteiger partial charge in [-0.25, -0.2) is 0 Å². The van der Waals surface area contributed by atoms with Crippen LogP contribution >= 0.6 is 0 Å². The Morgan fingerprint density at radius 1 is 0.943 bits per heavy atom. The van der Waals surface area contributed by atoms with Crippen LogP contribution in [-0.4, -0.2) is 44.1 Å². The third-order valence-electron chi connectivity index (χ3n) is 6.07. The summed E-state index contributed by atoms with van der Waals surface area (Å²) >= 11 is 0. The maximum atomic E-state index is 12.6. The molecule has 5 heteroatoms. The fourth-order valence-corrected chi connectivity index (χ4v) is 3.87. The van der Waals surface area contributed by atoms with Crippen molar-refractivity contribution in [2.75, 3.05) is 38.6 Å². The van der Waals surface area contributed by atoms with E-state index in [1.165, 1.54) is 0 Å². The minimum absolute atomic E-state index is 0.0233.